The van der Waals surface area contributed by atoms with Crippen LogP contribution >= 0.6 is 0 Å². The Morgan fingerprint density at radius 1 is 1.29 bits per heavy atom. The van der Waals surface area contributed by atoms with E-state index in [1.165, 1.54) is 0 Å². The Bertz CT molecular complexity index is 394. The fourth-order valence-electron chi connectivity index (χ4n) is 2.10. The van der Waals surface area contributed by atoms with E-state index in [9.17, 15) is 17.6 Å². The van der Waals surface area contributed by atoms with Crippen LogP contribution in [0.3, 0.4) is 0 Å². The molecule has 1 atom stereocenters. The van der Waals surface area contributed by atoms with Gasteiger partial charge < -0.3 is 5.32 Å². The predicted molar refractivity (Wildman–Crippen MR) is 56.1 cm³/mol. The maximum atomic E-state index is 13.4. The maximum absolute atomic E-state index is 13.4. The van der Waals surface area contributed by atoms with Crippen LogP contribution in [0.4, 0.5) is 17.6 Å². The van der Waals surface area contributed by atoms with Crippen LogP contribution in [0.25, 0.3) is 0 Å². The summed E-state index contributed by atoms with van der Waals surface area (Å²) in [5, 5.41) is 3.14. The molecular formula is C12H13F4N. The van der Waals surface area contributed by atoms with Gasteiger partial charge in [0.2, 0.25) is 0 Å². The van der Waals surface area contributed by atoms with E-state index < -0.39 is 17.6 Å². The van der Waals surface area contributed by atoms with E-state index in [-0.39, 0.29) is 11.6 Å². The standard InChI is InChI=1S/C12H13F4N/c13-11-4-3-9(12(14,15)16)6-8(11)7-10-2-1-5-17-10/h3-4,6,10,17H,1-2,5,7H2. The third-order valence-electron chi connectivity index (χ3n) is 3.00. The van der Waals surface area contributed by atoms with E-state index >= 15 is 0 Å². The van der Waals surface area contributed by atoms with E-state index in [4.69, 9.17) is 0 Å². The number of nitrogens with one attached hydrogen (secondary N) is 1. The van der Waals surface area contributed by atoms with Crippen molar-refractivity contribution in [3.8, 4) is 0 Å². The Kier molecular flexibility index (Phi) is 3.38. The van der Waals surface area contributed by atoms with Crippen molar-refractivity contribution >= 4 is 0 Å². The number of alkyl halides is 3. The molecule has 0 aliphatic carbocycles. The molecule has 1 nitrogen and oxygen atoms in total. The molecule has 0 bridgehead atoms. The Balaban J connectivity index is 2.20. The SMILES string of the molecule is Fc1ccc(C(F)(F)F)cc1CC1CCCN1. The van der Waals surface area contributed by atoms with Gasteiger partial charge in [-0.05, 0) is 49.6 Å². The monoisotopic (exact) mass is 247 g/mol. The Morgan fingerprint density at radius 2 is 2.06 bits per heavy atom. The highest BCUT2D eigenvalue weighted by Gasteiger charge is 2.31. The molecule has 1 aromatic rings. The number of rotatable bonds is 2. The van der Waals surface area contributed by atoms with Gasteiger partial charge in [0.15, 0.2) is 0 Å². The molecule has 5 heteroatoms. The minimum atomic E-state index is -4.41. The molecule has 1 aliphatic heterocycles. The molecule has 1 aliphatic rings. The molecule has 2 rings (SSSR count). The van der Waals surface area contributed by atoms with Crippen molar-refractivity contribution in [1.29, 1.82) is 0 Å². The van der Waals surface area contributed by atoms with Gasteiger partial charge in [-0.25, -0.2) is 4.39 Å². The fraction of sp³-hybridized carbons (Fsp3) is 0.500. The van der Waals surface area contributed by atoms with E-state index in [1.54, 1.807) is 0 Å². The topological polar surface area (TPSA) is 12.0 Å². The van der Waals surface area contributed by atoms with Crippen LogP contribution in [-0.2, 0) is 12.6 Å². The Morgan fingerprint density at radius 3 is 2.65 bits per heavy atom. The maximum Gasteiger partial charge on any atom is 0.416 e. The zero-order valence-electron chi connectivity index (χ0n) is 9.15. The van der Waals surface area contributed by atoms with Crippen molar-refractivity contribution in [2.75, 3.05) is 6.54 Å². The van der Waals surface area contributed by atoms with Crippen LogP contribution in [0.5, 0.6) is 0 Å². The van der Waals surface area contributed by atoms with E-state index in [0.717, 1.165) is 37.6 Å². The summed E-state index contributed by atoms with van der Waals surface area (Å²) in [4.78, 5) is 0. The lowest BCUT2D eigenvalue weighted by atomic mass is 10.0. The summed E-state index contributed by atoms with van der Waals surface area (Å²) in [6.45, 7) is 0.852. The summed E-state index contributed by atoms with van der Waals surface area (Å²) < 4.78 is 50.8. The number of halogens is 4. The molecule has 0 aromatic heterocycles. The third-order valence-corrected chi connectivity index (χ3v) is 3.00. The average molecular weight is 247 g/mol. The Hall–Kier alpha value is -1.10. The summed E-state index contributed by atoms with van der Waals surface area (Å²) in [6, 6.07) is 2.68. The number of hydrogen-bond donors (Lipinski definition) is 1. The quantitative estimate of drug-likeness (QED) is 0.792. The molecule has 1 N–H and O–H groups in total. The lowest BCUT2D eigenvalue weighted by molar-refractivity contribution is -0.137. The molecule has 1 aromatic carbocycles. The van der Waals surface area contributed by atoms with Gasteiger partial charge in [-0.2, -0.15) is 13.2 Å². The van der Waals surface area contributed by atoms with E-state index in [2.05, 4.69) is 5.32 Å². The number of benzene rings is 1. The average Bonchev–Trinajstić information content (AvgIpc) is 2.72. The lowest BCUT2D eigenvalue weighted by Gasteiger charge is -2.13. The molecule has 0 radical (unpaired) electrons. The van der Waals surface area contributed by atoms with Crippen molar-refractivity contribution in [2.24, 2.45) is 0 Å². The van der Waals surface area contributed by atoms with Crippen molar-refractivity contribution in [3.05, 3.63) is 35.1 Å². The van der Waals surface area contributed by atoms with E-state index in [0.29, 0.717) is 6.42 Å². The van der Waals surface area contributed by atoms with Gasteiger partial charge in [0.05, 0.1) is 5.56 Å². The minimum absolute atomic E-state index is 0.0907. The van der Waals surface area contributed by atoms with Gasteiger partial charge in [-0.15, -0.1) is 0 Å². The smallest absolute Gasteiger partial charge is 0.314 e. The van der Waals surface area contributed by atoms with Crippen LogP contribution in [0.2, 0.25) is 0 Å². The zero-order chi connectivity index (χ0) is 12.5. The first-order chi connectivity index (χ1) is 7.97. The van der Waals surface area contributed by atoms with Crippen molar-refractivity contribution in [2.45, 2.75) is 31.5 Å². The lowest BCUT2D eigenvalue weighted by Crippen LogP contribution is -2.24. The van der Waals surface area contributed by atoms with Gasteiger partial charge in [0.25, 0.3) is 0 Å². The molecule has 1 fully saturated rings. The summed E-state index contributed by atoms with van der Waals surface area (Å²) in [5.41, 5.74) is -0.647. The first-order valence-corrected chi connectivity index (χ1v) is 5.56. The van der Waals surface area contributed by atoms with Gasteiger partial charge in [0, 0.05) is 6.04 Å². The van der Waals surface area contributed by atoms with Crippen LogP contribution < -0.4 is 5.32 Å². The first-order valence-electron chi connectivity index (χ1n) is 5.56. The highest BCUT2D eigenvalue weighted by atomic mass is 19.4. The molecule has 1 saturated heterocycles. The molecule has 0 amide bonds. The second-order valence-electron chi connectivity index (χ2n) is 4.30. The molecular weight excluding hydrogens is 234 g/mol. The van der Waals surface area contributed by atoms with Crippen LogP contribution in [0.1, 0.15) is 24.0 Å². The molecule has 0 spiro atoms. The fourth-order valence-corrected chi connectivity index (χ4v) is 2.10. The van der Waals surface area contributed by atoms with Crippen LogP contribution in [-0.4, -0.2) is 12.6 Å². The minimum Gasteiger partial charge on any atom is -0.314 e. The van der Waals surface area contributed by atoms with Crippen molar-refractivity contribution < 1.29 is 17.6 Å². The summed E-state index contributed by atoms with van der Waals surface area (Å²) in [5.74, 6) is -0.563. The van der Waals surface area contributed by atoms with Gasteiger partial charge in [-0.1, -0.05) is 0 Å². The third kappa shape index (κ3) is 2.97. The number of hydrogen-bond acceptors (Lipinski definition) is 1. The molecule has 1 heterocycles. The van der Waals surface area contributed by atoms with E-state index in [1.807, 2.05) is 0 Å². The summed E-state index contributed by atoms with van der Waals surface area (Å²) in [6.07, 6.45) is -2.22. The van der Waals surface area contributed by atoms with Gasteiger partial charge >= 0.3 is 6.18 Å². The van der Waals surface area contributed by atoms with Crippen LogP contribution in [0, 0.1) is 5.82 Å². The van der Waals surface area contributed by atoms with Gasteiger partial charge in [-0.3, -0.25) is 0 Å². The molecule has 17 heavy (non-hydrogen) atoms. The highest BCUT2D eigenvalue weighted by Crippen LogP contribution is 2.30. The normalized spacial score (nSPS) is 20.8. The molecule has 0 saturated carbocycles. The highest BCUT2D eigenvalue weighted by molar-refractivity contribution is 5.28. The Labute approximate surface area is 96.8 Å². The largest absolute Gasteiger partial charge is 0.416 e. The van der Waals surface area contributed by atoms with Crippen LogP contribution in [0.15, 0.2) is 18.2 Å². The van der Waals surface area contributed by atoms with Crippen molar-refractivity contribution in [1.82, 2.24) is 5.32 Å². The molecule has 94 valence electrons. The second kappa shape index (κ2) is 4.64. The van der Waals surface area contributed by atoms with Gasteiger partial charge in [0.1, 0.15) is 5.82 Å². The first kappa shape index (κ1) is 12.4. The molecule has 1 unspecified atom stereocenters. The van der Waals surface area contributed by atoms with Crippen molar-refractivity contribution in [3.63, 3.8) is 0 Å². The zero-order valence-corrected chi connectivity index (χ0v) is 9.15. The summed E-state index contributed by atoms with van der Waals surface area (Å²) in [7, 11) is 0. The predicted octanol–water partition coefficient (Wildman–Crippen LogP) is 3.14. The second-order valence-corrected chi connectivity index (χ2v) is 4.30. The summed E-state index contributed by atoms with van der Waals surface area (Å²) >= 11 is 0.